The summed E-state index contributed by atoms with van der Waals surface area (Å²) in [6.45, 7) is 3.07. The maximum atomic E-state index is 13.2. The number of carbonyl (C=O) groups is 1. The summed E-state index contributed by atoms with van der Waals surface area (Å²) >= 11 is 1.19. The number of anilines is 2. The highest BCUT2D eigenvalue weighted by Crippen LogP contribution is 2.23. The van der Waals surface area contributed by atoms with Gasteiger partial charge in [-0.3, -0.25) is 5.32 Å². The van der Waals surface area contributed by atoms with Crippen molar-refractivity contribution in [3.8, 4) is 0 Å². The number of nitrogens with zero attached hydrogens (tertiary/aromatic N) is 3. The fourth-order valence-electron chi connectivity index (χ4n) is 3.55. The predicted molar refractivity (Wildman–Crippen MR) is 132 cm³/mol. The Hall–Kier alpha value is -3.06. The van der Waals surface area contributed by atoms with Gasteiger partial charge in [0.1, 0.15) is 5.82 Å². The normalized spacial score (nSPS) is 14.2. The van der Waals surface area contributed by atoms with Crippen molar-refractivity contribution in [3.05, 3.63) is 71.0 Å². The number of carbonyl (C=O) groups excluding carboxylic acids is 1. The van der Waals surface area contributed by atoms with Crippen molar-refractivity contribution in [1.29, 1.82) is 0 Å². The van der Waals surface area contributed by atoms with Crippen LogP contribution in [0.15, 0.2) is 58.8 Å². The summed E-state index contributed by atoms with van der Waals surface area (Å²) in [5.41, 5.74) is 2.09. The quantitative estimate of drug-likeness (QED) is 0.474. The van der Waals surface area contributed by atoms with E-state index in [1.807, 2.05) is 0 Å². The van der Waals surface area contributed by atoms with E-state index in [1.54, 1.807) is 41.8 Å². The Morgan fingerprint density at radius 1 is 1.20 bits per heavy atom. The lowest BCUT2D eigenvalue weighted by Crippen LogP contribution is -2.36. The van der Waals surface area contributed by atoms with Crippen LogP contribution in [-0.2, 0) is 27.8 Å². The lowest BCUT2D eigenvalue weighted by molar-refractivity contribution is 0.122. The fourth-order valence-corrected chi connectivity index (χ4v) is 5.39. The Morgan fingerprint density at radius 3 is 2.66 bits per heavy atom. The van der Waals surface area contributed by atoms with Gasteiger partial charge < -0.3 is 15.0 Å². The molecule has 35 heavy (non-hydrogen) atoms. The van der Waals surface area contributed by atoms with Crippen LogP contribution in [-0.4, -0.2) is 57.1 Å². The third kappa shape index (κ3) is 6.54. The molecule has 1 saturated heterocycles. The zero-order chi connectivity index (χ0) is 24.8. The molecule has 0 aliphatic carbocycles. The van der Waals surface area contributed by atoms with Crippen LogP contribution in [0.4, 0.5) is 20.0 Å². The summed E-state index contributed by atoms with van der Waals surface area (Å²) < 4.78 is 45.8. The van der Waals surface area contributed by atoms with Gasteiger partial charge >= 0.3 is 6.03 Å². The molecular weight excluding hydrogens is 493 g/mol. The van der Waals surface area contributed by atoms with Crippen LogP contribution in [0.2, 0.25) is 0 Å². The number of halogens is 1. The number of urea groups is 1. The Bertz CT molecular complexity index is 1260. The highest BCUT2D eigenvalue weighted by molar-refractivity contribution is 7.89. The number of nitrogens with one attached hydrogen (secondary N) is 2. The summed E-state index contributed by atoms with van der Waals surface area (Å²) in [6.07, 6.45) is 0. The van der Waals surface area contributed by atoms with Crippen LogP contribution >= 0.6 is 11.3 Å². The van der Waals surface area contributed by atoms with Gasteiger partial charge in [0.25, 0.3) is 0 Å². The van der Waals surface area contributed by atoms with Crippen molar-refractivity contribution in [2.24, 2.45) is 0 Å². The molecule has 0 atom stereocenters. The maximum absolute atomic E-state index is 13.2. The molecule has 2 amide bonds. The van der Waals surface area contributed by atoms with E-state index in [0.29, 0.717) is 29.6 Å². The number of hydrogen-bond donors (Lipinski definition) is 2. The first-order chi connectivity index (χ1) is 16.8. The molecule has 1 aliphatic rings. The Balaban J connectivity index is 1.31. The molecule has 2 N–H and O–H groups in total. The van der Waals surface area contributed by atoms with Gasteiger partial charge in [0.05, 0.1) is 30.3 Å². The topological polar surface area (TPSA) is 104 Å². The molecular formula is C23H26FN5O4S2. The third-order valence-corrected chi connectivity index (χ3v) is 8.04. The zero-order valence-electron chi connectivity index (χ0n) is 19.1. The highest BCUT2D eigenvalue weighted by atomic mass is 32.2. The van der Waals surface area contributed by atoms with Crippen LogP contribution in [0.5, 0.6) is 0 Å². The van der Waals surface area contributed by atoms with Crippen LogP contribution in [0.3, 0.4) is 0 Å². The molecule has 1 fully saturated rings. The Morgan fingerprint density at radius 2 is 1.94 bits per heavy atom. The summed E-state index contributed by atoms with van der Waals surface area (Å²) in [5, 5.41) is 7.26. The van der Waals surface area contributed by atoms with Gasteiger partial charge in [0.15, 0.2) is 5.13 Å². The molecule has 0 saturated carbocycles. The van der Waals surface area contributed by atoms with Crippen molar-refractivity contribution in [2.45, 2.75) is 18.0 Å². The van der Waals surface area contributed by atoms with E-state index in [1.165, 1.54) is 34.8 Å². The number of benzene rings is 2. The van der Waals surface area contributed by atoms with Gasteiger partial charge in [-0.15, -0.1) is 11.3 Å². The first kappa shape index (κ1) is 25.0. The number of rotatable bonds is 8. The lowest BCUT2D eigenvalue weighted by atomic mass is 10.2. The van der Waals surface area contributed by atoms with Gasteiger partial charge in [-0.25, -0.2) is 22.6 Å². The molecule has 2 heterocycles. The second-order valence-electron chi connectivity index (χ2n) is 7.94. The van der Waals surface area contributed by atoms with E-state index in [9.17, 15) is 17.6 Å². The number of ether oxygens (including phenoxy) is 1. The molecule has 1 aliphatic heterocycles. The zero-order valence-corrected chi connectivity index (χ0v) is 20.7. The molecule has 0 bridgehead atoms. The monoisotopic (exact) mass is 519 g/mol. The van der Waals surface area contributed by atoms with Gasteiger partial charge in [0, 0.05) is 37.7 Å². The number of amides is 2. The van der Waals surface area contributed by atoms with Crippen LogP contribution in [0, 0.1) is 5.82 Å². The van der Waals surface area contributed by atoms with Crippen LogP contribution < -0.4 is 15.5 Å². The fraction of sp³-hybridized carbons (Fsp3) is 0.304. The standard InChI is InChI=1S/C23H26FN5O4S2/c1-28(35(31,32)21-7-5-20(6-8-21)29-9-11-33-12-10-29)15-19-16-34-23(26-19)27-22(30)25-14-17-3-2-4-18(24)13-17/h2-8,13,16H,9-12,14-15H2,1H3,(H2,25,26,27,30). The predicted octanol–water partition coefficient (Wildman–Crippen LogP) is 3.26. The molecule has 0 spiro atoms. The average Bonchev–Trinajstić information content (AvgIpc) is 3.30. The van der Waals surface area contributed by atoms with Crippen LogP contribution in [0.25, 0.3) is 0 Å². The van der Waals surface area contributed by atoms with E-state index in [2.05, 4.69) is 20.5 Å². The lowest BCUT2D eigenvalue weighted by Gasteiger charge is -2.29. The van der Waals surface area contributed by atoms with Crippen molar-refractivity contribution >= 4 is 38.2 Å². The number of thiazole rings is 1. The third-order valence-electron chi connectivity index (χ3n) is 5.42. The second-order valence-corrected chi connectivity index (χ2v) is 10.8. The number of morpholine rings is 1. The molecule has 9 nitrogen and oxygen atoms in total. The summed E-state index contributed by atoms with van der Waals surface area (Å²) in [5.74, 6) is -0.374. The minimum absolute atomic E-state index is 0.0522. The molecule has 12 heteroatoms. The van der Waals surface area contributed by atoms with Crippen molar-refractivity contribution in [1.82, 2.24) is 14.6 Å². The van der Waals surface area contributed by atoms with E-state index in [0.717, 1.165) is 18.8 Å². The SMILES string of the molecule is CN(Cc1csc(NC(=O)NCc2cccc(F)c2)n1)S(=O)(=O)c1ccc(N2CCOCC2)cc1. The number of sulfonamides is 1. The average molecular weight is 520 g/mol. The van der Waals surface area contributed by atoms with E-state index >= 15 is 0 Å². The molecule has 0 radical (unpaired) electrons. The van der Waals surface area contributed by atoms with Gasteiger partial charge in [0.2, 0.25) is 10.0 Å². The summed E-state index contributed by atoms with van der Waals surface area (Å²) in [4.78, 5) is 18.8. The minimum Gasteiger partial charge on any atom is -0.378 e. The van der Waals surface area contributed by atoms with E-state index < -0.39 is 16.1 Å². The minimum atomic E-state index is -3.72. The van der Waals surface area contributed by atoms with Crippen molar-refractivity contribution in [2.75, 3.05) is 43.6 Å². The van der Waals surface area contributed by atoms with E-state index in [4.69, 9.17) is 4.74 Å². The Kier molecular flexibility index (Phi) is 7.96. The maximum Gasteiger partial charge on any atom is 0.321 e. The second kappa shape index (κ2) is 11.1. The first-order valence-corrected chi connectivity index (χ1v) is 13.3. The van der Waals surface area contributed by atoms with Crippen molar-refractivity contribution in [3.63, 3.8) is 0 Å². The molecule has 1 aromatic heterocycles. The largest absolute Gasteiger partial charge is 0.378 e. The summed E-state index contributed by atoms with van der Waals surface area (Å²) in [7, 11) is -2.23. The van der Waals surface area contributed by atoms with Crippen molar-refractivity contribution < 1.29 is 22.3 Å². The molecule has 186 valence electrons. The van der Waals surface area contributed by atoms with E-state index in [-0.39, 0.29) is 23.8 Å². The molecule has 3 aromatic rings. The number of hydrogen-bond acceptors (Lipinski definition) is 7. The van der Waals surface area contributed by atoms with Gasteiger partial charge in [-0.2, -0.15) is 4.31 Å². The summed E-state index contributed by atoms with van der Waals surface area (Å²) in [6, 6.07) is 12.3. The Labute approximate surface area is 207 Å². The molecule has 0 unspecified atom stereocenters. The smallest absolute Gasteiger partial charge is 0.321 e. The van der Waals surface area contributed by atoms with Crippen LogP contribution in [0.1, 0.15) is 11.3 Å². The van der Waals surface area contributed by atoms with Gasteiger partial charge in [-0.1, -0.05) is 12.1 Å². The van der Waals surface area contributed by atoms with Gasteiger partial charge in [-0.05, 0) is 42.0 Å². The highest BCUT2D eigenvalue weighted by Gasteiger charge is 2.22. The molecule has 2 aromatic carbocycles. The first-order valence-electron chi connectivity index (χ1n) is 10.9. The number of aromatic nitrogens is 1. The molecule has 4 rings (SSSR count).